The van der Waals surface area contributed by atoms with E-state index in [-0.39, 0.29) is 30.5 Å². The number of nitrogens with one attached hydrogen (secondary N) is 1. The largest absolute Gasteiger partial charge is 0.467 e. The number of amides is 1. The highest BCUT2D eigenvalue weighted by Crippen LogP contribution is 2.11. The van der Waals surface area contributed by atoms with E-state index in [0.717, 1.165) is 0 Å². The Labute approximate surface area is 141 Å². The Balaban J connectivity index is 1.71. The molecule has 0 fully saturated rings. The zero-order valence-corrected chi connectivity index (χ0v) is 14.2. The van der Waals surface area contributed by atoms with Crippen LogP contribution >= 0.6 is 0 Å². The summed E-state index contributed by atoms with van der Waals surface area (Å²) in [6.45, 7) is 0.569. The van der Waals surface area contributed by atoms with Crippen LogP contribution in [0, 0.1) is 0 Å². The zero-order chi connectivity index (χ0) is 17.4. The summed E-state index contributed by atoms with van der Waals surface area (Å²) in [5, 5.41) is 2.70. The van der Waals surface area contributed by atoms with Crippen molar-refractivity contribution in [1.29, 1.82) is 0 Å². The van der Waals surface area contributed by atoms with Gasteiger partial charge in [-0.2, -0.15) is 8.42 Å². The van der Waals surface area contributed by atoms with Crippen molar-refractivity contribution in [3.05, 3.63) is 54.5 Å². The van der Waals surface area contributed by atoms with Gasteiger partial charge in [-0.25, -0.2) is 0 Å². The van der Waals surface area contributed by atoms with Gasteiger partial charge in [0.05, 0.1) is 25.1 Å². The number of para-hydroxylation sites is 1. The van der Waals surface area contributed by atoms with Crippen LogP contribution in [0.15, 0.2) is 53.1 Å². The van der Waals surface area contributed by atoms with Crippen LogP contribution in [0.5, 0.6) is 5.75 Å². The summed E-state index contributed by atoms with van der Waals surface area (Å²) in [4.78, 5) is 13.4. The number of benzene rings is 1. The van der Waals surface area contributed by atoms with Gasteiger partial charge in [0.15, 0.2) is 0 Å². The van der Waals surface area contributed by atoms with E-state index < -0.39 is 10.1 Å². The van der Waals surface area contributed by atoms with E-state index in [1.54, 1.807) is 54.4 Å². The maximum Gasteiger partial charge on any atom is 0.310 e. The lowest BCUT2D eigenvalue weighted by atomic mass is 10.3. The van der Waals surface area contributed by atoms with Gasteiger partial charge < -0.3 is 13.9 Å². The first-order valence-corrected chi connectivity index (χ1v) is 8.97. The van der Waals surface area contributed by atoms with Crippen molar-refractivity contribution in [2.45, 2.75) is 6.54 Å². The molecular formula is C16H20N2O5S. The minimum absolute atomic E-state index is 0.0849. The summed E-state index contributed by atoms with van der Waals surface area (Å²) in [7, 11) is -2.03. The molecule has 8 heteroatoms. The molecule has 0 aliphatic heterocycles. The molecule has 7 nitrogen and oxygen atoms in total. The molecule has 130 valence electrons. The van der Waals surface area contributed by atoms with Crippen molar-refractivity contribution >= 4 is 16.0 Å². The molecule has 1 aromatic heterocycles. The highest BCUT2D eigenvalue weighted by atomic mass is 32.2. The molecule has 0 bridgehead atoms. The van der Waals surface area contributed by atoms with E-state index in [1.165, 1.54) is 6.26 Å². The number of nitrogens with zero attached hydrogens (tertiary/aromatic N) is 1. The molecule has 0 aliphatic carbocycles. The molecule has 0 aliphatic rings. The molecule has 1 amide bonds. The van der Waals surface area contributed by atoms with E-state index in [2.05, 4.69) is 5.32 Å². The second-order valence-corrected chi connectivity index (χ2v) is 6.94. The van der Waals surface area contributed by atoms with Crippen LogP contribution in [0.2, 0.25) is 0 Å². The number of rotatable bonds is 9. The third kappa shape index (κ3) is 6.43. The van der Waals surface area contributed by atoms with E-state index in [1.807, 2.05) is 0 Å². The zero-order valence-electron chi connectivity index (χ0n) is 13.3. The minimum atomic E-state index is -3.70. The predicted molar refractivity (Wildman–Crippen MR) is 88.9 cm³/mol. The van der Waals surface area contributed by atoms with Gasteiger partial charge in [-0.15, -0.1) is 0 Å². The highest BCUT2D eigenvalue weighted by Gasteiger charge is 2.15. The van der Waals surface area contributed by atoms with Gasteiger partial charge in [0.1, 0.15) is 11.5 Å². The Morgan fingerprint density at radius 3 is 2.62 bits per heavy atom. The summed E-state index contributed by atoms with van der Waals surface area (Å²) in [6.07, 6.45) is 1.53. The number of carbonyl (C=O) groups excluding carboxylic acids is 1. The van der Waals surface area contributed by atoms with Gasteiger partial charge >= 0.3 is 10.1 Å². The second-order valence-electron chi connectivity index (χ2n) is 5.25. The smallest absolute Gasteiger partial charge is 0.310 e. The Kier molecular flexibility index (Phi) is 6.39. The van der Waals surface area contributed by atoms with E-state index in [0.29, 0.717) is 12.3 Å². The molecule has 1 aromatic carbocycles. The Hall–Kier alpha value is -2.32. The van der Waals surface area contributed by atoms with Gasteiger partial charge in [-0.05, 0) is 31.3 Å². The van der Waals surface area contributed by atoms with Crippen LogP contribution in [0.4, 0.5) is 0 Å². The lowest BCUT2D eigenvalue weighted by Crippen LogP contribution is -2.37. The third-order valence-electron chi connectivity index (χ3n) is 3.14. The Bertz CT molecular complexity index is 729. The molecule has 0 unspecified atom stereocenters. The van der Waals surface area contributed by atoms with Crippen molar-refractivity contribution in [1.82, 2.24) is 10.2 Å². The minimum Gasteiger partial charge on any atom is -0.467 e. The number of hydrogen-bond acceptors (Lipinski definition) is 6. The SMILES string of the molecule is CN(CCS(=O)(=O)Oc1ccccc1)CC(=O)NCc1ccco1. The molecule has 1 N–H and O–H groups in total. The van der Waals surface area contributed by atoms with Gasteiger partial charge in [-0.3, -0.25) is 9.69 Å². The molecule has 1 heterocycles. The summed E-state index contributed by atoms with van der Waals surface area (Å²) in [5.41, 5.74) is 0. The number of likely N-dealkylation sites (N-methyl/N-ethyl adjacent to an activating group) is 1. The summed E-state index contributed by atoms with van der Waals surface area (Å²) in [6, 6.07) is 11.8. The highest BCUT2D eigenvalue weighted by molar-refractivity contribution is 7.87. The van der Waals surface area contributed by atoms with Crippen molar-refractivity contribution in [2.75, 3.05) is 25.9 Å². The second kappa shape index (κ2) is 8.51. The molecule has 24 heavy (non-hydrogen) atoms. The fraction of sp³-hybridized carbons (Fsp3) is 0.312. The van der Waals surface area contributed by atoms with Crippen LogP contribution < -0.4 is 9.50 Å². The number of carbonyl (C=O) groups is 1. The average Bonchev–Trinajstić information content (AvgIpc) is 3.05. The third-order valence-corrected chi connectivity index (χ3v) is 4.27. The quantitative estimate of drug-likeness (QED) is 0.683. The average molecular weight is 352 g/mol. The topological polar surface area (TPSA) is 88.8 Å². The summed E-state index contributed by atoms with van der Waals surface area (Å²) >= 11 is 0. The van der Waals surface area contributed by atoms with Crippen LogP contribution in [-0.2, 0) is 21.5 Å². The Morgan fingerprint density at radius 2 is 1.96 bits per heavy atom. The monoisotopic (exact) mass is 352 g/mol. The van der Waals surface area contributed by atoms with Gasteiger partial charge in [0.2, 0.25) is 5.91 Å². The van der Waals surface area contributed by atoms with Crippen molar-refractivity contribution in [3.63, 3.8) is 0 Å². The lowest BCUT2D eigenvalue weighted by Gasteiger charge is -2.16. The predicted octanol–water partition coefficient (Wildman–Crippen LogP) is 1.24. The van der Waals surface area contributed by atoms with Gasteiger partial charge in [0.25, 0.3) is 0 Å². The molecule has 0 spiro atoms. The number of furan rings is 1. The maximum absolute atomic E-state index is 11.9. The first-order valence-electron chi connectivity index (χ1n) is 7.39. The summed E-state index contributed by atoms with van der Waals surface area (Å²) < 4.78 is 33.9. The normalized spacial score (nSPS) is 11.4. The van der Waals surface area contributed by atoms with Crippen LogP contribution in [0.25, 0.3) is 0 Å². The molecule has 2 rings (SSSR count). The molecule has 0 saturated carbocycles. The maximum atomic E-state index is 11.9. The van der Waals surface area contributed by atoms with E-state index >= 15 is 0 Å². The molecular weight excluding hydrogens is 332 g/mol. The van der Waals surface area contributed by atoms with Crippen molar-refractivity contribution in [3.8, 4) is 5.75 Å². The molecule has 2 aromatic rings. The van der Waals surface area contributed by atoms with E-state index in [4.69, 9.17) is 8.60 Å². The van der Waals surface area contributed by atoms with Crippen LogP contribution in [-0.4, -0.2) is 45.1 Å². The fourth-order valence-electron chi connectivity index (χ4n) is 1.91. The van der Waals surface area contributed by atoms with Gasteiger partial charge in [0, 0.05) is 6.54 Å². The standard InChI is InChI=1S/C16H20N2O5S/c1-18(13-16(19)17-12-15-8-5-10-22-15)9-11-24(20,21)23-14-6-3-2-4-7-14/h2-8,10H,9,11-13H2,1H3,(H,17,19). The summed E-state index contributed by atoms with van der Waals surface area (Å²) in [5.74, 6) is 0.514. The first-order chi connectivity index (χ1) is 11.4. The molecule has 0 atom stereocenters. The van der Waals surface area contributed by atoms with Crippen LogP contribution in [0.3, 0.4) is 0 Å². The lowest BCUT2D eigenvalue weighted by molar-refractivity contribution is -0.122. The molecule has 0 radical (unpaired) electrons. The van der Waals surface area contributed by atoms with Crippen molar-refractivity contribution < 1.29 is 21.8 Å². The van der Waals surface area contributed by atoms with Crippen LogP contribution in [0.1, 0.15) is 5.76 Å². The van der Waals surface area contributed by atoms with Gasteiger partial charge in [-0.1, -0.05) is 18.2 Å². The first kappa shape index (κ1) is 18.0. The van der Waals surface area contributed by atoms with E-state index in [9.17, 15) is 13.2 Å². The Morgan fingerprint density at radius 1 is 1.21 bits per heavy atom. The molecule has 0 saturated heterocycles. The number of hydrogen-bond donors (Lipinski definition) is 1. The fourth-order valence-corrected chi connectivity index (χ4v) is 2.93. The van der Waals surface area contributed by atoms with Crippen molar-refractivity contribution in [2.24, 2.45) is 0 Å².